The number of nitrogens with one attached hydrogen (secondary N) is 2. The second-order valence-corrected chi connectivity index (χ2v) is 18.8. The number of phosphoric ester groups is 1. The molecule has 1 aromatic rings. The number of aliphatic hydroxyl groups is 1. The van der Waals surface area contributed by atoms with E-state index in [1.54, 1.807) is 0 Å². The predicted molar refractivity (Wildman–Crippen MR) is 225 cm³/mol. The predicted octanol–water partition coefficient (Wildman–Crippen LogP) is 5.26. The Kier molecular flexibility index (Phi) is 18.9. The molecule has 3 fully saturated rings. The molecule has 5 rings (SSSR count). The van der Waals surface area contributed by atoms with Gasteiger partial charge in [0.15, 0.2) is 0 Å². The highest BCUT2D eigenvalue weighted by Gasteiger charge is 2.56. The van der Waals surface area contributed by atoms with E-state index in [0.717, 1.165) is 64.2 Å². The number of amides is 3. The van der Waals surface area contributed by atoms with Crippen LogP contribution in [0.5, 0.6) is 5.75 Å². The number of benzene rings is 1. The highest BCUT2D eigenvalue weighted by atomic mass is 31.2. The zero-order valence-electron chi connectivity index (χ0n) is 36.6. The van der Waals surface area contributed by atoms with Crippen LogP contribution in [0, 0.1) is 23.2 Å². The number of hydrogen-bond donors (Lipinski definition) is 4. The van der Waals surface area contributed by atoms with Crippen molar-refractivity contribution in [1.82, 2.24) is 10.6 Å². The largest absolute Gasteiger partial charge is 0.530 e. The number of unbranched alkanes of at least 4 members (excludes halogenated alkanes) is 2. The minimum Gasteiger partial charge on any atom is -0.460 e. The summed E-state index contributed by atoms with van der Waals surface area (Å²) in [5.74, 6) is -0.881. The van der Waals surface area contributed by atoms with E-state index in [2.05, 4.69) is 37.5 Å². The lowest BCUT2D eigenvalue weighted by Crippen LogP contribution is -2.57. The zero-order valence-corrected chi connectivity index (χ0v) is 37.5. The van der Waals surface area contributed by atoms with Crippen molar-refractivity contribution in [2.75, 3.05) is 53.3 Å². The van der Waals surface area contributed by atoms with Crippen LogP contribution in [0.3, 0.4) is 0 Å². The van der Waals surface area contributed by atoms with Crippen LogP contribution in [0.1, 0.15) is 121 Å². The number of hydrogen-bond acceptors (Lipinski definition) is 13. The standard InChI is InChI=1S/C44H70N3O13P/c1-5-7-22-57-61(53,58-23-8-6-2)60-30-10-12-31-29(27-30)9-11-33-32(31)19-20-44(3)34(33)13-16-37(44)59-40(50)28-56-26-25-55-24-21-46-38(48)17-18-39(49)47-35-14-15-36(54-4)41(42(35)51)43(45)52/h10,12,27,32-37,41-42,51H,5-9,11,13-26,28H2,1-4H3,(H2,45,52)(H,46,48)(H,47,49). The molecule has 9 atom stereocenters. The average molecular weight is 880 g/mol. The molecule has 3 amide bonds. The Balaban J connectivity index is 0.960. The van der Waals surface area contributed by atoms with Crippen LogP contribution in [0.4, 0.5) is 0 Å². The van der Waals surface area contributed by atoms with Gasteiger partial charge in [0, 0.05) is 31.9 Å². The number of fused-ring (bicyclic) bond motifs is 5. The number of primary amides is 1. The van der Waals surface area contributed by atoms with E-state index < -0.39 is 43.8 Å². The Morgan fingerprint density at radius 1 is 0.902 bits per heavy atom. The lowest BCUT2D eigenvalue weighted by Gasteiger charge is -2.50. The monoisotopic (exact) mass is 879 g/mol. The van der Waals surface area contributed by atoms with Gasteiger partial charge in [0.2, 0.25) is 17.7 Å². The van der Waals surface area contributed by atoms with Gasteiger partial charge in [-0.3, -0.25) is 23.4 Å². The number of carbonyl (C=O) groups excluding carboxylic acids is 4. The molecule has 0 saturated heterocycles. The maximum Gasteiger partial charge on any atom is 0.530 e. The molecule has 1 aromatic carbocycles. The summed E-state index contributed by atoms with van der Waals surface area (Å²) < 4.78 is 53.2. The molecule has 0 heterocycles. The number of aryl methyl sites for hydroxylation is 1. The molecule has 0 spiro atoms. The summed E-state index contributed by atoms with van der Waals surface area (Å²) in [5, 5.41) is 16.0. The van der Waals surface area contributed by atoms with Gasteiger partial charge in [-0.15, -0.1) is 0 Å². The van der Waals surface area contributed by atoms with Gasteiger partial charge in [-0.2, -0.15) is 0 Å². The van der Waals surface area contributed by atoms with Crippen molar-refractivity contribution in [3.8, 4) is 5.75 Å². The summed E-state index contributed by atoms with van der Waals surface area (Å²) in [6.45, 7) is 7.73. The molecule has 9 unspecified atom stereocenters. The fraction of sp³-hybridized carbons (Fsp3) is 0.773. The summed E-state index contributed by atoms with van der Waals surface area (Å²) in [6, 6.07) is 5.39. The van der Waals surface area contributed by atoms with Crippen molar-refractivity contribution in [3.63, 3.8) is 0 Å². The highest BCUT2D eigenvalue weighted by molar-refractivity contribution is 7.48. The van der Waals surface area contributed by atoms with Crippen LogP contribution in [-0.4, -0.2) is 106 Å². The van der Waals surface area contributed by atoms with Gasteiger partial charge >= 0.3 is 13.8 Å². The SMILES string of the molecule is CCCCOP(=O)(OCCCC)Oc1ccc2c(c1)CCC1C2CCC2(C)C(OC(=O)COCCOCCNC(=O)CCC(=O)NC3CCC(OC)C(C(N)=O)C3O)CCC12. The third-order valence-corrected chi connectivity index (χ3v) is 14.7. The van der Waals surface area contributed by atoms with Gasteiger partial charge in [-0.1, -0.05) is 39.7 Å². The van der Waals surface area contributed by atoms with E-state index in [1.807, 2.05) is 12.1 Å². The van der Waals surface area contributed by atoms with Crippen LogP contribution in [0.2, 0.25) is 0 Å². The summed E-state index contributed by atoms with van der Waals surface area (Å²) in [4.78, 5) is 49.4. The summed E-state index contributed by atoms with van der Waals surface area (Å²) in [5.41, 5.74) is 7.89. The molecular weight excluding hydrogens is 809 g/mol. The average Bonchev–Trinajstić information content (AvgIpc) is 3.56. The summed E-state index contributed by atoms with van der Waals surface area (Å²) in [6.07, 6.45) is 8.02. The number of phosphoric acid groups is 1. The number of aliphatic hydroxyl groups excluding tert-OH is 1. The smallest absolute Gasteiger partial charge is 0.460 e. The van der Waals surface area contributed by atoms with Crippen LogP contribution in [0.25, 0.3) is 0 Å². The maximum absolute atomic E-state index is 13.5. The quantitative estimate of drug-likeness (QED) is 0.0560. The second-order valence-electron chi connectivity index (χ2n) is 17.2. The van der Waals surface area contributed by atoms with Gasteiger partial charge in [0.1, 0.15) is 18.5 Å². The minimum atomic E-state index is -3.73. The Morgan fingerprint density at radius 3 is 2.33 bits per heavy atom. The third kappa shape index (κ3) is 13.2. The van der Waals surface area contributed by atoms with Crippen LogP contribution in [0.15, 0.2) is 18.2 Å². The Labute approximate surface area is 361 Å². The molecule has 16 nitrogen and oxygen atoms in total. The van der Waals surface area contributed by atoms with E-state index >= 15 is 0 Å². The molecule has 5 N–H and O–H groups in total. The normalized spacial score (nSPS) is 28.2. The molecular formula is C44H70N3O13P. The van der Waals surface area contributed by atoms with Crippen molar-refractivity contribution in [3.05, 3.63) is 29.3 Å². The molecule has 61 heavy (non-hydrogen) atoms. The molecule has 0 aliphatic heterocycles. The first-order valence-electron chi connectivity index (χ1n) is 22.4. The van der Waals surface area contributed by atoms with Gasteiger partial charge < -0.3 is 44.9 Å². The van der Waals surface area contributed by atoms with Gasteiger partial charge in [0.25, 0.3) is 0 Å². The zero-order chi connectivity index (χ0) is 44.0. The Hall–Kier alpha value is -3.11. The number of nitrogens with two attached hydrogens (primary N) is 1. The number of esters is 1. The van der Waals surface area contributed by atoms with E-state index in [-0.39, 0.29) is 69.2 Å². The van der Waals surface area contributed by atoms with Crippen molar-refractivity contribution in [1.29, 1.82) is 0 Å². The lowest BCUT2D eigenvalue weighted by molar-refractivity contribution is -0.163. The Bertz CT molecular complexity index is 1650. The first-order chi connectivity index (χ1) is 29.3. The molecule has 0 radical (unpaired) electrons. The van der Waals surface area contributed by atoms with E-state index in [9.17, 15) is 28.8 Å². The van der Waals surface area contributed by atoms with Crippen LogP contribution < -0.4 is 20.9 Å². The van der Waals surface area contributed by atoms with E-state index in [4.69, 9.17) is 38.3 Å². The fourth-order valence-electron chi connectivity index (χ4n) is 9.98. The number of methoxy groups -OCH3 is 1. The highest BCUT2D eigenvalue weighted by Crippen LogP contribution is 2.62. The molecule has 344 valence electrons. The third-order valence-electron chi connectivity index (χ3n) is 13.3. The number of carbonyl (C=O) groups is 4. The number of ether oxygens (including phenoxy) is 4. The van der Waals surface area contributed by atoms with Crippen LogP contribution in [-0.2, 0) is 58.2 Å². The Morgan fingerprint density at radius 2 is 1.62 bits per heavy atom. The van der Waals surface area contributed by atoms with Gasteiger partial charge in [0.05, 0.1) is 57.2 Å². The molecule has 4 aliphatic rings. The molecule has 0 aromatic heterocycles. The molecule has 17 heteroatoms. The van der Waals surface area contributed by atoms with Gasteiger partial charge in [-0.25, -0.2) is 9.36 Å². The molecule has 4 aliphatic carbocycles. The minimum absolute atomic E-state index is 0.0518. The first kappa shape index (κ1) is 48.9. The summed E-state index contributed by atoms with van der Waals surface area (Å²) >= 11 is 0. The molecule has 0 bridgehead atoms. The fourth-order valence-corrected chi connectivity index (χ4v) is 11.2. The topological polar surface area (TPSA) is 220 Å². The number of rotatable bonds is 25. The van der Waals surface area contributed by atoms with Crippen molar-refractivity contribution < 1.29 is 61.4 Å². The van der Waals surface area contributed by atoms with Crippen LogP contribution >= 0.6 is 7.82 Å². The first-order valence-corrected chi connectivity index (χ1v) is 23.9. The van der Waals surface area contributed by atoms with Crippen molar-refractivity contribution in [2.24, 2.45) is 28.9 Å². The van der Waals surface area contributed by atoms with Crippen molar-refractivity contribution >= 4 is 31.5 Å². The van der Waals surface area contributed by atoms with Crippen molar-refractivity contribution in [2.45, 2.75) is 141 Å². The maximum atomic E-state index is 13.5. The van der Waals surface area contributed by atoms with E-state index in [0.29, 0.717) is 49.6 Å². The second kappa shape index (κ2) is 23.5. The summed E-state index contributed by atoms with van der Waals surface area (Å²) in [7, 11) is -2.29. The van der Waals surface area contributed by atoms with Gasteiger partial charge in [-0.05, 0) is 105 Å². The van der Waals surface area contributed by atoms with E-state index in [1.165, 1.54) is 18.2 Å². The molecule has 3 saturated carbocycles. The lowest BCUT2D eigenvalue weighted by atomic mass is 9.55.